The third-order valence-corrected chi connectivity index (χ3v) is 3.48. The van der Waals surface area contributed by atoms with Crippen LogP contribution >= 0.6 is 0 Å². The zero-order valence-electron chi connectivity index (χ0n) is 12.6. The van der Waals surface area contributed by atoms with Crippen LogP contribution in [-0.4, -0.2) is 30.6 Å². The Kier molecular flexibility index (Phi) is 6.06. The first-order chi connectivity index (χ1) is 10.3. The van der Waals surface area contributed by atoms with Crippen molar-refractivity contribution in [1.82, 2.24) is 15.6 Å². The lowest BCUT2D eigenvalue weighted by molar-refractivity contribution is 0.201. The second kappa shape index (κ2) is 8.29. The molecule has 0 atom stereocenters. The van der Waals surface area contributed by atoms with Crippen molar-refractivity contribution in [2.24, 2.45) is 4.99 Å². The predicted molar refractivity (Wildman–Crippen MR) is 85.5 cm³/mol. The number of aromatic nitrogens is 1. The number of nitrogens with zero attached hydrogens (tertiary/aromatic N) is 2. The summed E-state index contributed by atoms with van der Waals surface area (Å²) in [5.41, 5.74) is 1.09. The van der Waals surface area contributed by atoms with Crippen LogP contribution in [0.15, 0.2) is 36.0 Å². The van der Waals surface area contributed by atoms with Gasteiger partial charge in [0.25, 0.3) is 0 Å². The quantitative estimate of drug-likeness (QED) is 0.479. The molecule has 1 heterocycles. The molecular weight excluding hydrogens is 264 g/mol. The molecule has 1 aromatic rings. The van der Waals surface area contributed by atoms with E-state index in [9.17, 15) is 0 Å². The lowest BCUT2D eigenvalue weighted by Crippen LogP contribution is -2.36. The van der Waals surface area contributed by atoms with Crippen LogP contribution in [0.25, 0.3) is 0 Å². The first-order valence-corrected chi connectivity index (χ1v) is 7.49. The van der Waals surface area contributed by atoms with Gasteiger partial charge in [-0.3, -0.25) is 4.99 Å². The van der Waals surface area contributed by atoms with Crippen LogP contribution in [0.3, 0.4) is 0 Å². The Balaban J connectivity index is 1.79. The Hall–Kier alpha value is -2.04. The first-order valence-electron chi connectivity index (χ1n) is 7.49. The Labute approximate surface area is 126 Å². The van der Waals surface area contributed by atoms with Gasteiger partial charge in [-0.15, -0.1) is 6.58 Å². The van der Waals surface area contributed by atoms with Gasteiger partial charge in [0.2, 0.25) is 5.88 Å². The summed E-state index contributed by atoms with van der Waals surface area (Å²) in [6.45, 7) is 5.03. The molecule has 1 aromatic heterocycles. The summed E-state index contributed by atoms with van der Waals surface area (Å²) in [6, 6.07) is 3.97. The minimum Gasteiger partial charge on any atom is -0.474 e. The van der Waals surface area contributed by atoms with E-state index in [1.54, 1.807) is 13.1 Å². The fourth-order valence-electron chi connectivity index (χ4n) is 2.34. The van der Waals surface area contributed by atoms with E-state index >= 15 is 0 Å². The average Bonchev–Trinajstić information content (AvgIpc) is 3.02. The van der Waals surface area contributed by atoms with E-state index in [4.69, 9.17) is 4.74 Å². The van der Waals surface area contributed by atoms with E-state index in [1.165, 1.54) is 12.8 Å². The van der Waals surface area contributed by atoms with Crippen LogP contribution < -0.4 is 15.4 Å². The third kappa shape index (κ3) is 5.10. The molecule has 0 saturated heterocycles. The van der Waals surface area contributed by atoms with Gasteiger partial charge in [-0.2, -0.15) is 0 Å². The van der Waals surface area contributed by atoms with Gasteiger partial charge in [-0.1, -0.05) is 12.1 Å². The molecule has 5 nitrogen and oxygen atoms in total. The third-order valence-electron chi connectivity index (χ3n) is 3.48. The fraction of sp³-hybridized carbons (Fsp3) is 0.500. The maximum atomic E-state index is 5.85. The highest BCUT2D eigenvalue weighted by Gasteiger charge is 2.16. The van der Waals surface area contributed by atoms with Crippen molar-refractivity contribution in [2.75, 3.05) is 13.6 Å². The molecule has 1 fully saturated rings. The molecule has 0 aromatic carbocycles. The van der Waals surface area contributed by atoms with Crippen LogP contribution in [0.1, 0.15) is 31.2 Å². The van der Waals surface area contributed by atoms with Gasteiger partial charge < -0.3 is 15.4 Å². The highest BCUT2D eigenvalue weighted by Crippen LogP contribution is 2.22. The molecule has 1 aliphatic rings. The number of hydrogen-bond acceptors (Lipinski definition) is 3. The van der Waals surface area contributed by atoms with Crippen LogP contribution in [0, 0.1) is 0 Å². The molecule has 1 saturated carbocycles. The van der Waals surface area contributed by atoms with Gasteiger partial charge in [0.15, 0.2) is 5.96 Å². The Morgan fingerprint density at radius 2 is 2.24 bits per heavy atom. The van der Waals surface area contributed by atoms with Crippen LogP contribution in [-0.2, 0) is 6.54 Å². The van der Waals surface area contributed by atoms with Crippen molar-refractivity contribution in [3.63, 3.8) is 0 Å². The minimum absolute atomic E-state index is 0.350. The Morgan fingerprint density at radius 1 is 1.43 bits per heavy atom. The molecular formula is C16H24N4O. The summed E-state index contributed by atoms with van der Waals surface area (Å²) in [4.78, 5) is 8.50. The Bertz CT molecular complexity index is 464. The number of pyridine rings is 1. The lowest BCUT2D eigenvalue weighted by atomic mass is 10.3. The van der Waals surface area contributed by atoms with Crippen molar-refractivity contribution >= 4 is 5.96 Å². The highest BCUT2D eigenvalue weighted by molar-refractivity contribution is 5.79. The first kappa shape index (κ1) is 15.4. The summed E-state index contributed by atoms with van der Waals surface area (Å²) >= 11 is 0. The minimum atomic E-state index is 0.350. The van der Waals surface area contributed by atoms with Crippen LogP contribution in [0.4, 0.5) is 0 Å². The van der Waals surface area contributed by atoms with E-state index in [-0.39, 0.29) is 0 Å². The van der Waals surface area contributed by atoms with Crippen molar-refractivity contribution in [3.05, 3.63) is 36.5 Å². The number of nitrogens with one attached hydrogen (secondary N) is 2. The topological polar surface area (TPSA) is 58.5 Å². The summed E-state index contributed by atoms with van der Waals surface area (Å²) in [5.74, 6) is 1.47. The highest BCUT2D eigenvalue weighted by atomic mass is 16.5. The second-order valence-corrected chi connectivity index (χ2v) is 5.12. The Morgan fingerprint density at radius 3 is 2.86 bits per heavy atom. The average molecular weight is 288 g/mol. The van der Waals surface area contributed by atoms with E-state index < -0.39 is 0 Å². The number of aliphatic imine (C=N–C) groups is 1. The summed E-state index contributed by atoms with van der Waals surface area (Å²) in [5, 5.41) is 6.35. The lowest BCUT2D eigenvalue weighted by Gasteiger charge is -2.13. The van der Waals surface area contributed by atoms with Crippen molar-refractivity contribution in [2.45, 2.75) is 38.3 Å². The standard InChI is InChI=1S/C16H24N4O/c1-3-10-18-16(17-2)20-12-13-8-9-15(19-11-13)21-14-6-4-5-7-14/h3,8-9,11,14H,1,4-7,10,12H2,2H3,(H2,17,18,20). The van der Waals surface area contributed by atoms with Gasteiger partial charge in [0.05, 0.1) is 0 Å². The molecule has 0 spiro atoms. The molecule has 0 radical (unpaired) electrons. The van der Waals surface area contributed by atoms with Gasteiger partial charge in [-0.25, -0.2) is 4.98 Å². The van der Waals surface area contributed by atoms with Crippen molar-refractivity contribution in [1.29, 1.82) is 0 Å². The molecule has 0 bridgehead atoms. The maximum Gasteiger partial charge on any atom is 0.213 e. The van der Waals surface area contributed by atoms with Gasteiger partial charge in [0.1, 0.15) is 6.10 Å². The van der Waals surface area contributed by atoms with Crippen LogP contribution in [0.5, 0.6) is 5.88 Å². The predicted octanol–water partition coefficient (Wildman–Crippen LogP) is 2.25. The molecule has 21 heavy (non-hydrogen) atoms. The number of ether oxygens (including phenoxy) is 1. The summed E-state index contributed by atoms with van der Waals surface area (Å²) in [7, 11) is 1.75. The van der Waals surface area contributed by atoms with E-state index in [0.29, 0.717) is 19.2 Å². The van der Waals surface area contributed by atoms with E-state index in [0.717, 1.165) is 30.2 Å². The monoisotopic (exact) mass is 288 g/mol. The normalized spacial score (nSPS) is 15.8. The smallest absolute Gasteiger partial charge is 0.213 e. The van der Waals surface area contributed by atoms with Gasteiger partial charge in [0, 0.05) is 32.4 Å². The largest absolute Gasteiger partial charge is 0.474 e. The van der Waals surface area contributed by atoms with E-state index in [2.05, 4.69) is 27.2 Å². The van der Waals surface area contributed by atoms with Gasteiger partial charge in [-0.05, 0) is 31.2 Å². The zero-order valence-corrected chi connectivity index (χ0v) is 12.6. The fourth-order valence-corrected chi connectivity index (χ4v) is 2.34. The molecule has 5 heteroatoms. The molecule has 0 aliphatic heterocycles. The van der Waals surface area contributed by atoms with Gasteiger partial charge >= 0.3 is 0 Å². The molecule has 2 N–H and O–H groups in total. The maximum absolute atomic E-state index is 5.85. The van der Waals surface area contributed by atoms with E-state index in [1.807, 2.05) is 18.3 Å². The van der Waals surface area contributed by atoms with Crippen LogP contribution in [0.2, 0.25) is 0 Å². The SMILES string of the molecule is C=CCNC(=NC)NCc1ccc(OC2CCCC2)nc1. The number of rotatable bonds is 6. The summed E-state index contributed by atoms with van der Waals surface area (Å²) < 4.78 is 5.85. The summed E-state index contributed by atoms with van der Waals surface area (Å²) in [6.07, 6.45) is 8.82. The molecule has 0 amide bonds. The zero-order chi connectivity index (χ0) is 14.9. The molecule has 2 rings (SSSR count). The second-order valence-electron chi connectivity index (χ2n) is 5.12. The van der Waals surface area contributed by atoms with Crippen molar-refractivity contribution < 1.29 is 4.74 Å². The van der Waals surface area contributed by atoms with Crippen molar-refractivity contribution in [3.8, 4) is 5.88 Å². The molecule has 0 unspecified atom stereocenters. The number of guanidine groups is 1. The number of hydrogen-bond donors (Lipinski definition) is 2. The molecule has 1 aliphatic carbocycles. The molecule has 114 valence electrons.